The normalized spacial score (nSPS) is 10.4. The molecule has 0 fully saturated rings. The molecule has 0 radical (unpaired) electrons. The minimum atomic E-state index is -0.356. The number of aromatic nitrogens is 2. The van der Waals surface area contributed by atoms with Crippen LogP contribution in [-0.4, -0.2) is 22.9 Å². The lowest BCUT2D eigenvalue weighted by Crippen LogP contribution is -2.19. The summed E-state index contributed by atoms with van der Waals surface area (Å²) in [6, 6.07) is 12.8. The zero-order valence-corrected chi connectivity index (χ0v) is 15.2. The van der Waals surface area contributed by atoms with E-state index in [0.29, 0.717) is 22.9 Å². The molecule has 0 aliphatic rings. The van der Waals surface area contributed by atoms with Crippen LogP contribution < -0.4 is 15.4 Å². The van der Waals surface area contributed by atoms with Crippen LogP contribution in [0.1, 0.15) is 11.1 Å². The molecule has 3 rings (SSSR count). The minimum absolute atomic E-state index is 0.356. The number of urea groups is 1. The predicted molar refractivity (Wildman–Crippen MR) is 103 cm³/mol. The van der Waals surface area contributed by atoms with Gasteiger partial charge in [0.2, 0.25) is 0 Å². The van der Waals surface area contributed by atoms with E-state index in [2.05, 4.69) is 15.7 Å². The Morgan fingerprint density at radius 2 is 2.00 bits per heavy atom. The largest absolute Gasteiger partial charge is 0.497 e. The van der Waals surface area contributed by atoms with Crippen LogP contribution in [0.15, 0.2) is 54.9 Å². The van der Waals surface area contributed by atoms with Gasteiger partial charge in [0.15, 0.2) is 0 Å². The first-order chi connectivity index (χ1) is 12.5. The molecule has 2 N–H and O–H groups in total. The SMILES string of the molecule is COc1cccc(Cn2cc(NC(=O)Nc3ccc(C)c(Cl)c3)cn2)c1. The Bertz CT molecular complexity index is 923. The average molecular weight is 371 g/mol. The van der Waals surface area contributed by atoms with E-state index in [1.807, 2.05) is 37.3 Å². The second-order valence-electron chi connectivity index (χ2n) is 5.82. The minimum Gasteiger partial charge on any atom is -0.497 e. The summed E-state index contributed by atoms with van der Waals surface area (Å²) in [6.45, 7) is 2.48. The van der Waals surface area contributed by atoms with E-state index >= 15 is 0 Å². The highest BCUT2D eigenvalue weighted by molar-refractivity contribution is 6.31. The van der Waals surface area contributed by atoms with Gasteiger partial charge in [-0.15, -0.1) is 0 Å². The number of ether oxygens (including phenoxy) is 1. The van der Waals surface area contributed by atoms with Gasteiger partial charge >= 0.3 is 6.03 Å². The molecule has 0 bridgehead atoms. The summed E-state index contributed by atoms with van der Waals surface area (Å²) < 4.78 is 6.96. The standard InChI is InChI=1S/C19H19ClN4O2/c1-13-6-7-15(9-18(13)20)22-19(25)23-16-10-21-24(12-16)11-14-4-3-5-17(8-14)26-2/h3-10,12H,11H2,1-2H3,(H2,22,23,25). The van der Waals surface area contributed by atoms with E-state index in [4.69, 9.17) is 16.3 Å². The number of rotatable bonds is 5. The van der Waals surface area contributed by atoms with Crippen molar-refractivity contribution in [3.05, 3.63) is 71.0 Å². The van der Waals surface area contributed by atoms with E-state index in [-0.39, 0.29) is 6.03 Å². The van der Waals surface area contributed by atoms with Gasteiger partial charge in [-0.05, 0) is 42.3 Å². The number of amides is 2. The molecule has 1 aromatic heterocycles. The van der Waals surface area contributed by atoms with E-state index in [0.717, 1.165) is 16.9 Å². The van der Waals surface area contributed by atoms with Crippen LogP contribution in [0.25, 0.3) is 0 Å². The zero-order chi connectivity index (χ0) is 18.5. The second-order valence-corrected chi connectivity index (χ2v) is 6.23. The van der Waals surface area contributed by atoms with Crippen molar-refractivity contribution in [2.75, 3.05) is 17.7 Å². The lowest BCUT2D eigenvalue weighted by atomic mass is 10.2. The molecule has 0 spiro atoms. The van der Waals surface area contributed by atoms with Gasteiger partial charge in [-0.1, -0.05) is 29.8 Å². The van der Waals surface area contributed by atoms with Crippen molar-refractivity contribution < 1.29 is 9.53 Å². The average Bonchev–Trinajstić information content (AvgIpc) is 3.05. The Hall–Kier alpha value is -2.99. The van der Waals surface area contributed by atoms with Crippen molar-refractivity contribution in [1.82, 2.24) is 9.78 Å². The summed E-state index contributed by atoms with van der Waals surface area (Å²) in [7, 11) is 1.63. The molecule has 0 atom stereocenters. The van der Waals surface area contributed by atoms with Crippen LogP contribution >= 0.6 is 11.6 Å². The van der Waals surface area contributed by atoms with E-state index < -0.39 is 0 Å². The number of nitrogens with one attached hydrogen (secondary N) is 2. The highest BCUT2D eigenvalue weighted by Gasteiger charge is 2.07. The number of anilines is 2. The summed E-state index contributed by atoms with van der Waals surface area (Å²) in [5.74, 6) is 0.796. The van der Waals surface area contributed by atoms with Gasteiger partial charge in [-0.3, -0.25) is 4.68 Å². The van der Waals surface area contributed by atoms with Crippen LogP contribution in [-0.2, 0) is 6.54 Å². The van der Waals surface area contributed by atoms with Gasteiger partial charge in [-0.2, -0.15) is 5.10 Å². The molecule has 0 aliphatic carbocycles. The number of nitrogens with zero attached hydrogens (tertiary/aromatic N) is 2. The van der Waals surface area contributed by atoms with Gasteiger partial charge in [0.05, 0.1) is 25.5 Å². The number of benzene rings is 2. The molecule has 7 heteroatoms. The fraction of sp³-hybridized carbons (Fsp3) is 0.158. The predicted octanol–water partition coefficient (Wildman–Crippen LogP) is 4.55. The second kappa shape index (κ2) is 7.93. The van der Waals surface area contributed by atoms with E-state index in [1.54, 1.807) is 36.3 Å². The molecule has 6 nitrogen and oxygen atoms in total. The van der Waals surface area contributed by atoms with Crippen molar-refractivity contribution in [2.24, 2.45) is 0 Å². The Kier molecular flexibility index (Phi) is 5.43. The molecule has 0 saturated carbocycles. The first kappa shape index (κ1) is 17.8. The van der Waals surface area contributed by atoms with E-state index in [1.165, 1.54) is 0 Å². The number of methoxy groups -OCH3 is 1. The molecule has 2 aromatic carbocycles. The molecular formula is C19H19ClN4O2. The monoisotopic (exact) mass is 370 g/mol. The lowest BCUT2D eigenvalue weighted by Gasteiger charge is -2.07. The first-order valence-corrected chi connectivity index (χ1v) is 8.41. The molecule has 0 aliphatic heterocycles. The summed E-state index contributed by atoms with van der Waals surface area (Å²) in [5, 5.41) is 10.4. The fourth-order valence-electron chi connectivity index (χ4n) is 2.44. The topological polar surface area (TPSA) is 68.2 Å². The maximum Gasteiger partial charge on any atom is 0.323 e. The highest BCUT2D eigenvalue weighted by atomic mass is 35.5. The van der Waals surface area contributed by atoms with Crippen LogP contribution in [0.4, 0.5) is 16.2 Å². The molecule has 2 amide bonds. The molecule has 0 saturated heterocycles. The van der Waals surface area contributed by atoms with Crippen molar-refractivity contribution in [3.63, 3.8) is 0 Å². The highest BCUT2D eigenvalue weighted by Crippen LogP contribution is 2.20. The van der Waals surface area contributed by atoms with Crippen molar-refractivity contribution in [3.8, 4) is 5.75 Å². The maximum atomic E-state index is 12.1. The van der Waals surface area contributed by atoms with Gasteiger partial charge in [0.25, 0.3) is 0 Å². The third kappa shape index (κ3) is 4.55. The van der Waals surface area contributed by atoms with Crippen LogP contribution in [0.3, 0.4) is 0 Å². The number of hydrogen-bond donors (Lipinski definition) is 2. The van der Waals surface area contributed by atoms with Crippen molar-refractivity contribution in [2.45, 2.75) is 13.5 Å². The number of carbonyl (C=O) groups excluding carboxylic acids is 1. The molecular weight excluding hydrogens is 352 g/mol. The van der Waals surface area contributed by atoms with Crippen molar-refractivity contribution in [1.29, 1.82) is 0 Å². The molecule has 134 valence electrons. The summed E-state index contributed by atoms with van der Waals surface area (Å²) >= 11 is 6.07. The lowest BCUT2D eigenvalue weighted by molar-refractivity contribution is 0.262. The van der Waals surface area contributed by atoms with Gasteiger partial charge in [0.1, 0.15) is 5.75 Å². The van der Waals surface area contributed by atoms with Crippen LogP contribution in [0.2, 0.25) is 5.02 Å². The van der Waals surface area contributed by atoms with Crippen LogP contribution in [0, 0.1) is 6.92 Å². The summed E-state index contributed by atoms with van der Waals surface area (Å²) in [5.41, 5.74) is 3.24. The quantitative estimate of drug-likeness (QED) is 0.692. The molecule has 26 heavy (non-hydrogen) atoms. The number of carbonyl (C=O) groups is 1. The zero-order valence-electron chi connectivity index (χ0n) is 14.5. The third-order valence-electron chi connectivity index (χ3n) is 3.80. The number of aryl methyl sites for hydroxylation is 1. The van der Waals surface area contributed by atoms with Gasteiger partial charge in [0, 0.05) is 16.9 Å². The maximum absolute atomic E-state index is 12.1. The van der Waals surface area contributed by atoms with E-state index in [9.17, 15) is 4.79 Å². The summed E-state index contributed by atoms with van der Waals surface area (Å²) in [6.07, 6.45) is 3.36. The first-order valence-electron chi connectivity index (χ1n) is 8.03. The molecule has 1 heterocycles. The smallest absolute Gasteiger partial charge is 0.323 e. The molecule has 3 aromatic rings. The third-order valence-corrected chi connectivity index (χ3v) is 4.21. The van der Waals surface area contributed by atoms with Gasteiger partial charge in [-0.25, -0.2) is 4.79 Å². The Morgan fingerprint density at radius 1 is 1.19 bits per heavy atom. The fourth-order valence-corrected chi connectivity index (χ4v) is 2.62. The number of hydrogen-bond acceptors (Lipinski definition) is 3. The Morgan fingerprint density at radius 3 is 2.77 bits per heavy atom. The van der Waals surface area contributed by atoms with Gasteiger partial charge < -0.3 is 15.4 Å². The Labute approximate surface area is 156 Å². The van der Waals surface area contributed by atoms with Crippen LogP contribution in [0.5, 0.6) is 5.75 Å². The molecule has 0 unspecified atom stereocenters. The number of halogens is 1. The summed E-state index contributed by atoms with van der Waals surface area (Å²) in [4.78, 5) is 12.1. The van der Waals surface area contributed by atoms with Crippen molar-refractivity contribution >= 4 is 29.0 Å². The Balaban J connectivity index is 1.60.